The summed E-state index contributed by atoms with van der Waals surface area (Å²) in [5.74, 6) is 0. The van der Waals surface area contributed by atoms with Gasteiger partial charge in [0, 0.05) is 24.5 Å². The van der Waals surface area contributed by atoms with Gasteiger partial charge in [0.25, 0.3) is 0 Å². The van der Waals surface area contributed by atoms with E-state index < -0.39 is 10.0 Å². The highest BCUT2D eigenvalue weighted by atomic mass is 32.2. The Balaban J connectivity index is 2.14. The number of benzene rings is 2. The Bertz CT molecular complexity index is 707. The van der Waals surface area contributed by atoms with Crippen LogP contribution >= 0.6 is 0 Å². The maximum absolute atomic E-state index is 12.7. The van der Waals surface area contributed by atoms with Crippen LogP contribution in [0.3, 0.4) is 0 Å². The summed E-state index contributed by atoms with van der Waals surface area (Å²) >= 11 is 0. The summed E-state index contributed by atoms with van der Waals surface area (Å²) in [6.07, 6.45) is 0.726. The zero-order valence-electron chi connectivity index (χ0n) is 10.5. The predicted octanol–water partition coefficient (Wildman–Crippen LogP) is 1.56. The van der Waals surface area contributed by atoms with E-state index in [9.17, 15) is 8.42 Å². The zero-order valence-corrected chi connectivity index (χ0v) is 11.3. The van der Waals surface area contributed by atoms with E-state index in [1.807, 2.05) is 30.3 Å². The zero-order chi connectivity index (χ0) is 13.5. The molecule has 0 bridgehead atoms. The molecule has 5 heteroatoms. The molecule has 2 N–H and O–H groups in total. The lowest BCUT2D eigenvalue weighted by Crippen LogP contribution is -2.32. The third-order valence-electron chi connectivity index (χ3n) is 3.55. The molecule has 1 heterocycles. The second kappa shape index (κ2) is 4.59. The summed E-state index contributed by atoms with van der Waals surface area (Å²) < 4.78 is 26.8. The van der Waals surface area contributed by atoms with Crippen molar-refractivity contribution < 1.29 is 8.42 Å². The van der Waals surface area contributed by atoms with E-state index in [0.717, 1.165) is 17.2 Å². The van der Waals surface area contributed by atoms with Crippen LogP contribution in [-0.4, -0.2) is 31.9 Å². The molecule has 4 nitrogen and oxygen atoms in total. The SMILES string of the molecule is N[C@@H]1CCN(S(=O)(=O)c2cccc3ccccc23)C1. The van der Waals surface area contributed by atoms with Crippen molar-refractivity contribution in [1.82, 2.24) is 4.31 Å². The van der Waals surface area contributed by atoms with E-state index >= 15 is 0 Å². The molecule has 0 aromatic heterocycles. The molecule has 100 valence electrons. The minimum Gasteiger partial charge on any atom is -0.326 e. The van der Waals surface area contributed by atoms with Gasteiger partial charge in [-0.15, -0.1) is 0 Å². The lowest BCUT2D eigenvalue weighted by Gasteiger charge is -2.17. The topological polar surface area (TPSA) is 63.4 Å². The molecule has 2 aromatic carbocycles. The fourth-order valence-corrected chi connectivity index (χ4v) is 4.26. The van der Waals surface area contributed by atoms with E-state index in [4.69, 9.17) is 5.73 Å². The number of hydrogen-bond donors (Lipinski definition) is 1. The van der Waals surface area contributed by atoms with Crippen molar-refractivity contribution in [2.75, 3.05) is 13.1 Å². The normalized spacial score (nSPS) is 21.0. The van der Waals surface area contributed by atoms with Crippen LogP contribution in [0.5, 0.6) is 0 Å². The van der Waals surface area contributed by atoms with Crippen molar-refractivity contribution in [1.29, 1.82) is 0 Å². The second-order valence-corrected chi connectivity index (χ2v) is 6.80. The van der Waals surface area contributed by atoms with Crippen molar-refractivity contribution in [2.24, 2.45) is 5.73 Å². The van der Waals surface area contributed by atoms with Crippen LogP contribution < -0.4 is 5.73 Å². The largest absolute Gasteiger partial charge is 0.326 e. The van der Waals surface area contributed by atoms with Gasteiger partial charge in [-0.1, -0.05) is 36.4 Å². The van der Waals surface area contributed by atoms with Gasteiger partial charge in [0.05, 0.1) is 4.90 Å². The summed E-state index contributed by atoms with van der Waals surface area (Å²) in [6, 6.07) is 12.9. The van der Waals surface area contributed by atoms with Crippen molar-refractivity contribution in [3.8, 4) is 0 Å². The average Bonchev–Trinajstić information content (AvgIpc) is 2.85. The highest BCUT2D eigenvalue weighted by molar-refractivity contribution is 7.89. The molecule has 19 heavy (non-hydrogen) atoms. The summed E-state index contributed by atoms with van der Waals surface area (Å²) in [6.45, 7) is 0.915. The standard InChI is InChI=1S/C14H16N2O2S/c15-12-8-9-16(10-12)19(17,18)14-7-3-5-11-4-1-2-6-13(11)14/h1-7,12H,8-10,15H2/t12-/m1/s1. The van der Waals surface area contributed by atoms with Crippen molar-refractivity contribution in [3.63, 3.8) is 0 Å². The fraction of sp³-hybridized carbons (Fsp3) is 0.286. The van der Waals surface area contributed by atoms with Gasteiger partial charge in [-0.05, 0) is 17.9 Å². The van der Waals surface area contributed by atoms with Crippen LogP contribution in [0.2, 0.25) is 0 Å². The Hall–Kier alpha value is -1.43. The Labute approximate surface area is 112 Å². The summed E-state index contributed by atoms with van der Waals surface area (Å²) in [7, 11) is -3.44. The van der Waals surface area contributed by atoms with Crippen LogP contribution in [0.25, 0.3) is 10.8 Å². The van der Waals surface area contributed by atoms with E-state index in [0.29, 0.717) is 18.0 Å². The smallest absolute Gasteiger partial charge is 0.243 e. The maximum atomic E-state index is 12.7. The molecule has 0 amide bonds. The van der Waals surface area contributed by atoms with Gasteiger partial charge in [-0.2, -0.15) is 4.31 Å². The van der Waals surface area contributed by atoms with E-state index in [2.05, 4.69) is 0 Å². The Kier molecular flexibility index (Phi) is 3.05. The van der Waals surface area contributed by atoms with E-state index in [1.165, 1.54) is 4.31 Å². The lowest BCUT2D eigenvalue weighted by molar-refractivity contribution is 0.473. The monoisotopic (exact) mass is 276 g/mol. The molecule has 0 unspecified atom stereocenters. The summed E-state index contributed by atoms with van der Waals surface area (Å²) in [5.41, 5.74) is 5.81. The number of hydrogen-bond acceptors (Lipinski definition) is 3. The summed E-state index contributed by atoms with van der Waals surface area (Å²) in [5, 5.41) is 1.71. The predicted molar refractivity (Wildman–Crippen MR) is 75.3 cm³/mol. The van der Waals surface area contributed by atoms with Crippen molar-refractivity contribution in [2.45, 2.75) is 17.4 Å². The van der Waals surface area contributed by atoms with Gasteiger partial charge >= 0.3 is 0 Å². The van der Waals surface area contributed by atoms with E-state index in [-0.39, 0.29) is 6.04 Å². The number of sulfonamides is 1. The van der Waals surface area contributed by atoms with Crippen LogP contribution in [0, 0.1) is 0 Å². The third-order valence-corrected chi connectivity index (χ3v) is 5.48. The molecular formula is C14H16N2O2S. The van der Waals surface area contributed by atoms with Crippen LogP contribution in [0.1, 0.15) is 6.42 Å². The molecule has 0 radical (unpaired) electrons. The first-order valence-corrected chi connectivity index (χ1v) is 7.76. The molecule has 1 atom stereocenters. The van der Waals surface area contributed by atoms with Gasteiger partial charge < -0.3 is 5.73 Å². The number of nitrogens with two attached hydrogens (primary N) is 1. The second-order valence-electron chi connectivity index (χ2n) is 4.89. The van der Waals surface area contributed by atoms with E-state index in [1.54, 1.807) is 12.1 Å². The quantitative estimate of drug-likeness (QED) is 0.905. The summed E-state index contributed by atoms with van der Waals surface area (Å²) in [4.78, 5) is 0.375. The minimum absolute atomic E-state index is 0.0512. The number of nitrogens with zero attached hydrogens (tertiary/aromatic N) is 1. The van der Waals surface area contributed by atoms with Crippen LogP contribution in [0.15, 0.2) is 47.4 Å². The van der Waals surface area contributed by atoms with Gasteiger partial charge in [0.1, 0.15) is 0 Å². The molecule has 1 aliphatic heterocycles. The van der Waals surface area contributed by atoms with Gasteiger partial charge in [-0.25, -0.2) is 8.42 Å². The van der Waals surface area contributed by atoms with Gasteiger partial charge in [0.2, 0.25) is 10.0 Å². The van der Waals surface area contributed by atoms with Crippen molar-refractivity contribution in [3.05, 3.63) is 42.5 Å². The molecule has 1 aliphatic rings. The number of fused-ring (bicyclic) bond motifs is 1. The molecule has 0 aliphatic carbocycles. The third kappa shape index (κ3) is 2.14. The molecule has 0 saturated carbocycles. The molecular weight excluding hydrogens is 260 g/mol. The lowest BCUT2D eigenvalue weighted by atomic mass is 10.1. The fourth-order valence-electron chi connectivity index (χ4n) is 2.53. The first-order chi connectivity index (χ1) is 9.09. The Morgan fingerprint density at radius 3 is 2.58 bits per heavy atom. The Morgan fingerprint density at radius 1 is 1.11 bits per heavy atom. The first kappa shape index (κ1) is 12.6. The molecule has 3 rings (SSSR count). The maximum Gasteiger partial charge on any atom is 0.243 e. The molecule has 0 spiro atoms. The minimum atomic E-state index is -3.44. The Morgan fingerprint density at radius 2 is 1.84 bits per heavy atom. The highest BCUT2D eigenvalue weighted by Gasteiger charge is 2.31. The van der Waals surface area contributed by atoms with Crippen molar-refractivity contribution >= 4 is 20.8 Å². The highest BCUT2D eigenvalue weighted by Crippen LogP contribution is 2.27. The average molecular weight is 276 g/mol. The molecule has 2 aromatic rings. The van der Waals surface area contributed by atoms with Gasteiger partial charge in [0.15, 0.2) is 0 Å². The molecule has 1 saturated heterocycles. The van der Waals surface area contributed by atoms with Crippen LogP contribution in [-0.2, 0) is 10.0 Å². The first-order valence-electron chi connectivity index (χ1n) is 6.32. The molecule has 1 fully saturated rings. The number of rotatable bonds is 2. The van der Waals surface area contributed by atoms with Crippen LogP contribution in [0.4, 0.5) is 0 Å². The van der Waals surface area contributed by atoms with Gasteiger partial charge in [-0.3, -0.25) is 0 Å².